The van der Waals surface area contributed by atoms with Gasteiger partial charge in [-0.05, 0) is 46.6 Å². The molecule has 0 spiro atoms. The van der Waals surface area contributed by atoms with E-state index in [1.807, 2.05) is 6.92 Å². The summed E-state index contributed by atoms with van der Waals surface area (Å²) in [6, 6.07) is 2.97. The van der Waals surface area contributed by atoms with Gasteiger partial charge in [0.05, 0.1) is 11.1 Å². The smallest absolute Gasteiger partial charge is 0.326 e. The van der Waals surface area contributed by atoms with Crippen molar-refractivity contribution in [2.75, 3.05) is 13.2 Å². The van der Waals surface area contributed by atoms with Crippen molar-refractivity contribution in [1.29, 1.82) is 0 Å². The highest BCUT2D eigenvalue weighted by Gasteiger charge is 2.23. The molecule has 2 rings (SSSR count). The maximum Gasteiger partial charge on any atom is 0.326 e. The Labute approximate surface area is 136 Å². The molecular weight excluding hydrogens is 352 g/mol. The number of nitrogens with one attached hydrogen (secondary N) is 2. The number of ether oxygens (including phenoxy) is 2. The maximum atomic E-state index is 11.6. The fourth-order valence-corrected chi connectivity index (χ4v) is 2.44. The highest BCUT2D eigenvalue weighted by atomic mass is 79.9. The summed E-state index contributed by atoms with van der Waals surface area (Å²) in [5, 5.41) is 4.58. The van der Waals surface area contributed by atoms with Crippen LogP contribution in [0.15, 0.2) is 35.0 Å². The molecule has 1 aliphatic rings. The summed E-state index contributed by atoms with van der Waals surface area (Å²) in [4.78, 5) is 22.7. The van der Waals surface area contributed by atoms with Crippen molar-refractivity contribution in [3.8, 4) is 11.5 Å². The van der Waals surface area contributed by atoms with Gasteiger partial charge in [0.1, 0.15) is 12.3 Å². The molecule has 7 heteroatoms. The zero-order valence-corrected chi connectivity index (χ0v) is 13.5. The lowest BCUT2D eigenvalue weighted by Crippen LogP contribution is -2.22. The predicted octanol–water partition coefficient (Wildman–Crippen LogP) is 2.59. The molecule has 3 amide bonds. The van der Waals surface area contributed by atoms with Gasteiger partial charge in [0.2, 0.25) is 0 Å². The number of rotatable bonds is 6. The predicted molar refractivity (Wildman–Crippen MR) is 85.7 cm³/mol. The molecule has 0 aromatic heterocycles. The molecule has 1 aromatic rings. The van der Waals surface area contributed by atoms with Gasteiger partial charge in [0, 0.05) is 0 Å². The van der Waals surface area contributed by atoms with Crippen LogP contribution in [-0.4, -0.2) is 25.2 Å². The first-order chi connectivity index (χ1) is 10.5. The molecule has 1 aromatic carbocycles. The molecule has 0 aliphatic carbocycles. The molecule has 0 saturated carbocycles. The van der Waals surface area contributed by atoms with Crippen LogP contribution < -0.4 is 20.1 Å². The Balaban J connectivity index is 2.37. The molecule has 22 heavy (non-hydrogen) atoms. The van der Waals surface area contributed by atoms with E-state index < -0.39 is 11.9 Å². The lowest BCUT2D eigenvalue weighted by molar-refractivity contribution is -0.115. The topological polar surface area (TPSA) is 76.7 Å². The number of carbonyl (C=O) groups excluding carboxylic acids is 2. The number of amides is 3. The van der Waals surface area contributed by atoms with E-state index in [2.05, 4.69) is 33.1 Å². The summed E-state index contributed by atoms with van der Waals surface area (Å²) in [6.07, 6.45) is 3.20. The van der Waals surface area contributed by atoms with Gasteiger partial charge in [0.15, 0.2) is 11.5 Å². The second-order valence-electron chi connectivity index (χ2n) is 4.33. The zero-order chi connectivity index (χ0) is 16.1. The van der Waals surface area contributed by atoms with Gasteiger partial charge in [-0.2, -0.15) is 0 Å². The Morgan fingerprint density at radius 3 is 2.64 bits per heavy atom. The lowest BCUT2D eigenvalue weighted by Gasteiger charge is -2.13. The summed E-state index contributed by atoms with van der Waals surface area (Å²) in [7, 11) is 0. The number of imide groups is 1. The van der Waals surface area contributed by atoms with E-state index in [1.165, 1.54) is 0 Å². The van der Waals surface area contributed by atoms with Crippen LogP contribution in [0.1, 0.15) is 12.5 Å². The van der Waals surface area contributed by atoms with E-state index in [1.54, 1.807) is 24.3 Å². The van der Waals surface area contributed by atoms with Crippen molar-refractivity contribution in [2.45, 2.75) is 6.92 Å². The molecule has 1 aliphatic heterocycles. The van der Waals surface area contributed by atoms with Gasteiger partial charge in [-0.15, -0.1) is 0 Å². The summed E-state index contributed by atoms with van der Waals surface area (Å²) in [6.45, 7) is 6.28. The number of carbonyl (C=O) groups is 2. The maximum absolute atomic E-state index is 11.6. The Morgan fingerprint density at radius 2 is 2.05 bits per heavy atom. The summed E-state index contributed by atoms with van der Waals surface area (Å²) >= 11 is 3.42. The van der Waals surface area contributed by atoms with Crippen LogP contribution in [0.5, 0.6) is 11.5 Å². The van der Waals surface area contributed by atoms with Gasteiger partial charge in [-0.3, -0.25) is 10.1 Å². The average molecular weight is 367 g/mol. The largest absolute Gasteiger partial charge is 0.490 e. The van der Waals surface area contributed by atoms with Crippen LogP contribution in [0.4, 0.5) is 4.79 Å². The summed E-state index contributed by atoms with van der Waals surface area (Å²) in [5.41, 5.74) is 0.868. The van der Waals surface area contributed by atoms with E-state index in [0.717, 1.165) is 0 Å². The third kappa shape index (κ3) is 3.67. The standard InChI is InChI=1S/C15H15BrN2O4/c1-3-5-22-13-10(16)6-9(8-12(13)21-4-2)7-11-14(19)18-15(20)17-11/h3,6-8H,1,4-5H2,2H3,(H2,17,18,19,20). The number of benzene rings is 1. The summed E-state index contributed by atoms with van der Waals surface area (Å²) in [5.74, 6) is 0.630. The normalized spacial score (nSPS) is 15.5. The summed E-state index contributed by atoms with van der Waals surface area (Å²) < 4.78 is 11.8. The SMILES string of the molecule is C=CCOc1c(Br)cc(C=C2NC(=O)NC2=O)cc1OCC. The number of hydrogen-bond donors (Lipinski definition) is 2. The van der Waals surface area contributed by atoms with Crippen LogP contribution in [0.3, 0.4) is 0 Å². The minimum absolute atomic E-state index is 0.180. The van der Waals surface area contributed by atoms with Crippen LogP contribution in [0, 0.1) is 0 Å². The van der Waals surface area contributed by atoms with E-state index >= 15 is 0 Å². The van der Waals surface area contributed by atoms with E-state index in [4.69, 9.17) is 9.47 Å². The van der Waals surface area contributed by atoms with Crippen molar-refractivity contribution in [3.63, 3.8) is 0 Å². The van der Waals surface area contributed by atoms with Crippen molar-refractivity contribution in [3.05, 3.63) is 40.5 Å². The Bertz CT molecular complexity index is 655. The molecule has 0 atom stereocenters. The molecule has 6 nitrogen and oxygen atoms in total. The van der Waals surface area contributed by atoms with E-state index in [-0.39, 0.29) is 5.70 Å². The van der Waals surface area contributed by atoms with Crippen LogP contribution in [0.2, 0.25) is 0 Å². The lowest BCUT2D eigenvalue weighted by atomic mass is 10.1. The molecule has 1 heterocycles. The van der Waals surface area contributed by atoms with Gasteiger partial charge in [-0.25, -0.2) is 4.79 Å². The molecule has 2 N–H and O–H groups in total. The second-order valence-corrected chi connectivity index (χ2v) is 5.18. The molecule has 0 unspecified atom stereocenters. The zero-order valence-electron chi connectivity index (χ0n) is 11.9. The van der Waals surface area contributed by atoms with Gasteiger partial charge in [-0.1, -0.05) is 12.7 Å². The third-order valence-corrected chi connectivity index (χ3v) is 3.30. The number of halogens is 1. The van der Waals surface area contributed by atoms with E-state index in [9.17, 15) is 9.59 Å². The van der Waals surface area contributed by atoms with Crippen LogP contribution in [-0.2, 0) is 4.79 Å². The average Bonchev–Trinajstić information content (AvgIpc) is 2.76. The van der Waals surface area contributed by atoms with Gasteiger partial charge in [0.25, 0.3) is 5.91 Å². The van der Waals surface area contributed by atoms with Crippen molar-refractivity contribution >= 4 is 33.9 Å². The number of hydrogen-bond acceptors (Lipinski definition) is 4. The second kappa shape index (κ2) is 7.13. The fraction of sp³-hybridized carbons (Fsp3) is 0.200. The number of urea groups is 1. The highest BCUT2D eigenvalue weighted by Crippen LogP contribution is 2.37. The van der Waals surface area contributed by atoms with E-state index in [0.29, 0.717) is 34.7 Å². The Kier molecular flexibility index (Phi) is 5.21. The molecule has 0 radical (unpaired) electrons. The quantitative estimate of drug-likeness (QED) is 0.460. The highest BCUT2D eigenvalue weighted by molar-refractivity contribution is 9.10. The van der Waals surface area contributed by atoms with Gasteiger partial charge >= 0.3 is 6.03 Å². The monoisotopic (exact) mass is 366 g/mol. The van der Waals surface area contributed by atoms with Crippen molar-refractivity contribution < 1.29 is 19.1 Å². The van der Waals surface area contributed by atoms with Crippen LogP contribution in [0.25, 0.3) is 6.08 Å². The van der Waals surface area contributed by atoms with Crippen molar-refractivity contribution in [1.82, 2.24) is 10.6 Å². The van der Waals surface area contributed by atoms with Crippen molar-refractivity contribution in [2.24, 2.45) is 0 Å². The van der Waals surface area contributed by atoms with Gasteiger partial charge < -0.3 is 14.8 Å². The first-order valence-corrected chi connectivity index (χ1v) is 7.38. The Morgan fingerprint density at radius 1 is 1.27 bits per heavy atom. The minimum Gasteiger partial charge on any atom is -0.490 e. The molecular formula is C15H15BrN2O4. The Hall–Kier alpha value is -2.28. The molecule has 116 valence electrons. The third-order valence-electron chi connectivity index (χ3n) is 2.71. The first-order valence-electron chi connectivity index (χ1n) is 6.59. The minimum atomic E-state index is -0.536. The van der Waals surface area contributed by atoms with Crippen LogP contribution >= 0.6 is 15.9 Å². The molecule has 0 bridgehead atoms. The molecule has 1 fully saturated rings. The first kappa shape index (κ1) is 16.1. The molecule has 1 saturated heterocycles. The fourth-order valence-electron chi connectivity index (χ4n) is 1.87.